The molecular formula is C20H30N2O3. The van der Waals surface area contributed by atoms with Crippen LogP contribution in [0.15, 0.2) is 24.3 Å². The zero-order valence-electron chi connectivity index (χ0n) is 15.2. The fourth-order valence-electron chi connectivity index (χ4n) is 2.96. The van der Waals surface area contributed by atoms with Crippen LogP contribution in [0.3, 0.4) is 0 Å². The van der Waals surface area contributed by atoms with Crippen LogP contribution in [0.2, 0.25) is 0 Å². The van der Waals surface area contributed by atoms with Gasteiger partial charge in [-0.3, -0.25) is 9.59 Å². The summed E-state index contributed by atoms with van der Waals surface area (Å²) < 4.78 is 5.51. The van der Waals surface area contributed by atoms with Crippen LogP contribution in [0.5, 0.6) is 0 Å². The Labute approximate surface area is 150 Å². The van der Waals surface area contributed by atoms with Gasteiger partial charge in [0.15, 0.2) is 0 Å². The first-order valence-corrected chi connectivity index (χ1v) is 9.48. The molecule has 138 valence electrons. The molecule has 2 rings (SSSR count). The van der Waals surface area contributed by atoms with Crippen LogP contribution in [0, 0.1) is 0 Å². The summed E-state index contributed by atoms with van der Waals surface area (Å²) in [7, 11) is 0. The normalized spacial score (nSPS) is 16.6. The Morgan fingerprint density at radius 1 is 1.20 bits per heavy atom. The second-order valence-electron chi connectivity index (χ2n) is 6.64. The highest BCUT2D eigenvalue weighted by molar-refractivity contribution is 5.97. The zero-order chi connectivity index (χ0) is 17.9. The molecule has 25 heavy (non-hydrogen) atoms. The largest absolute Gasteiger partial charge is 0.376 e. The maximum Gasteiger partial charge on any atom is 0.251 e. The van der Waals surface area contributed by atoms with E-state index < -0.39 is 0 Å². The van der Waals surface area contributed by atoms with Crippen molar-refractivity contribution >= 4 is 17.5 Å². The lowest BCUT2D eigenvalue weighted by Gasteiger charge is -2.11. The molecule has 0 radical (unpaired) electrons. The fourth-order valence-corrected chi connectivity index (χ4v) is 2.96. The minimum Gasteiger partial charge on any atom is -0.376 e. The summed E-state index contributed by atoms with van der Waals surface area (Å²) in [4.78, 5) is 24.2. The van der Waals surface area contributed by atoms with E-state index in [9.17, 15) is 9.59 Å². The van der Waals surface area contributed by atoms with Crippen LogP contribution >= 0.6 is 0 Å². The van der Waals surface area contributed by atoms with E-state index in [0.717, 1.165) is 32.3 Å². The molecule has 0 aliphatic carbocycles. The van der Waals surface area contributed by atoms with Crippen LogP contribution in [0.25, 0.3) is 0 Å². The third-order valence-electron chi connectivity index (χ3n) is 4.43. The highest BCUT2D eigenvalue weighted by Gasteiger charge is 2.16. The van der Waals surface area contributed by atoms with Crippen molar-refractivity contribution in [2.75, 3.05) is 18.5 Å². The molecular weight excluding hydrogens is 316 g/mol. The van der Waals surface area contributed by atoms with Crippen LogP contribution in [0.4, 0.5) is 5.69 Å². The summed E-state index contributed by atoms with van der Waals surface area (Å²) >= 11 is 0. The summed E-state index contributed by atoms with van der Waals surface area (Å²) in [6.45, 7) is 3.49. The molecule has 2 amide bonds. The minimum absolute atomic E-state index is 0.00779. The van der Waals surface area contributed by atoms with Crippen molar-refractivity contribution in [2.45, 2.75) is 64.4 Å². The Morgan fingerprint density at radius 2 is 2.04 bits per heavy atom. The number of benzene rings is 1. The molecule has 0 saturated carbocycles. The third-order valence-corrected chi connectivity index (χ3v) is 4.43. The van der Waals surface area contributed by atoms with Gasteiger partial charge in [-0.25, -0.2) is 0 Å². The van der Waals surface area contributed by atoms with Gasteiger partial charge >= 0.3 is 0 Å². The minimum atomic E-state index is -0.133. The molecule has 0 spiro atoms. The predicted octanol–water partition coefficient (Wildman–Crippen LogP) is 3.89. The lowest BCUT2D eigenvalue weighted by Crippen LogP contribution is -2.31. The summed E-state index contributed by atoms with van der Waals surface area (Å²) in [6, 6.07) is 7.08. The monoisotopic (exact) mass is 346 g/mol. The Hall–Kier alpha value is -1.88. The van der Waals surface area contributed by atoms with Gasteiger partial charge in [0.1, 0.15) is 0 Å². The zero-order valence-corrected chi connectivity index (χ0v) is 15.2. The van der Waals surface area contributed by atoms with E-state index >= 15 is 0 Å². The molecule has 1 aromatic carbocycles. The summed E-state index contributed by atoms with van der Waals surface area (Å²) in [5, 5.41) is 5.78. The number of ether oxygens (including phenoxy) is 1. The molecule has 1 saturated heterocycles. The van der Waals surface area contributed by atoms with E-state index in [1.807, 2.05) is 6.07 Å². The number of carbonyl (C=O) groups is 2. The van der Waals surface area contributed by atoms with E-state index in [-0.39, 0.29) is 17.9 Å². The average Bonchev–Trinajstić information content (AvgIpc) is 3.13. The maximum atomic E-state index is 12.2. The summed E-state index contributed by atoms with van der Waals surface area (Å²) in [5.74, 6) is -0.125. The summed E-state index contributed by atoms with van der Waals surface area (Å²) in [6.07, 6.45) is 8.32. The molecule has 1 aliphatic heterocycles. The first-order chi connectivity index (χ1) is 12.2. The van der Waals surface area contributed by atoms with Crippen molar-refractivity contribution in [1.29, 1.82) is 0 Å². The number of carbonyl (C=O) groups excluding carboxylic acids is 2. The average molecular weight is 346 g/mol. The van der Waals surface area contributed by atoms with E-state index in [1.54, 1.807) is 18.2 Å². The van der Waals surface area contributed by atoms with Crippen molar-refractivity contribution in [3.8, 4) is 0 Å². The quantitative estimate of drug-likeness (QED) is 0.632. The van der Waals surface area contributed by atoms with E-state index in [0.29, 0.717) is 24.2 Å². The van der Waals surface area contributed by atoms with Gasteiger partial charge < -0.3 is 15.4 Å². The number of nitrogens with one attached hydrogen (secondary N) is 2. The lowest BCUT2D eigenvalue weighted by molar-refractivity contribution is -0.116. The molecule has 1 aliphatic rings. The Bertz CT molecular complexity index is 554. The van der Waals surface area contributed by atoms with Gasteiger partial charge in [-0.2, -0.15) is 0 Å². The van der Waals surface area contributed by atoms with Gasteiger partial charge in [0.05, 0.1) is 6.10 Å². The summed E-state index contributed by atoms with van der Waals surface area (Å²) in [5.41, 5.74) is 1.22. The number of rotatable bonds is 10. The lowest BCUT2D eigenvalue weighted by atomic mass is 10.1. The Balaban J connectivity index is 1.75. The maximum absolute atomic E-state index is 12.2. The SMILES string of the molecule is CCCCCCCC(=O)Nc1cccc(C(=O)NCC2CCCO2)c1. The predicted molar refractivity (Wildman–Crippen MR) is 99.8 cm³/mol. The standard InChI is InChI=1S/C20H30N2O3/c1-2-3-4-5-6-12-19(23)22-17-10-7-9-16(14-17)20(24)21-15-18-11-8-13-25-18/h7,9-10,14,18H,2-6,8,11-13,15H2,1H3,(H,21,24)(H,22,23). The molecule has 1 atom stereocenters. The number of anilines is 1. The molecule has 5 heteroatoms. The van der Waals surface area contributed by atoms with Crippen LogP contribution < -0.4 is 10.6 Å². The van der Waals surface area contributed by atoms with E-state index in [4.69, 9.17) is 4.74 Å². The number of hydrogen-bond donors (Lipinski definition) is 2. The Kier molecular flexibility index (Phi) is 8.46. The molecule has 0 bridgehead atoms. The third kappa shape index (κ3) is 7.26. The molecule has 1 fully saturated rings. The highest BCUT2D eigenvalue weighted by Crippen LogP contribution is 2.14. The Morgan fingerprint density at radius 3 is 2.80 bits per heavy atom. The topological polar surface area (TPSA) is 67.4 Å². The number of hydrogen-bond acceptors (Lipinski definition) is 3. The van der Waals surface area contributed by atoms with Crippen LogP contribution in [-0.2, 0) is 9.53 Å². The van der Waals surface area contributed by atoms with Gasteiger partial charge in [0.2, 0.25) is 5.91 Å². The molecule has 5 nitrogen and oxygen atoms in total. The molecule has 1 heterocycles. The molecule has 1 aromatic rings. The molecule has 1 unspecified atom stereocenters. The fraction of sp³-hybridized carbons (Fsp3) is 0.600. The van der Waals surface area contributed by atoms with Crippen molar-refractivity contribution in [3.63, 3.8) is 0 Å². The van der Waals surface area contributed by atoms with Gasteiger partial charge in [-0.05, 0) is 37.5 Å². The molecule has 2 N–H and O–H groups in total. The molecule has 0 aromatic heterocycles. The van der Waals surface area contributed by atoms with Crippen LogP contribution in [0.1, 0.15) is 68.6 Å². The van der Waals surface area contributed by atoms with Crippen molar-refractivity contribution in [3.05, 3.63) is 29.8 Å². The van der Waals surface area contributed by atoms with Crippen LogP contribution in [-0.4, -0.2) is 31.1 Å². The van der Waals surface area contributed by atoms with E-state index in [1.165, 1.54) is 19.3 Å². The highest BCUT2D eigenvalue weighted by atomic mass is 16.5. The first-order valence-electron chi connectivity index (χ1n) is 9.48. The van der Waals surface area contributed by atoms with Crippen molar-refractivity contribution in [1.82, 2.24) is 5.32 Å². The number of unbranched alkanes of at least 4 members (excludes halogenated alkanes) is 4. The van der Waals surface area contributed by atoms with Gasteiger partial charge in [0, 0.05) is 30.8 Å². The van der Waals surface area contributed by atoms with Crippen molar-refractivity contribution in [2.24, 2.45) is 0 Å². The number of amides is 2. The van der Waals surface area contributed by atoms with E-state index in [2.05, 4.69) is 17.6 Å². The van der Waals surface area contributed by atoms with Crippen molar-refractivity contribution < 1.29 is 14.3 Å². The second kappa shape index (κ2) is 10.9. The first kappa shape index (κ1) is 19.4. The van der Waals surface area contributed by atoms with Gasteiger partial charge in [-0.1, -0.05) is 38.7 Å². The van der Waals surface area contributed by atoms with Gasteiger partial charge in [-0.15, -0.1) is 0 Å². The second-order valence-corrected chi connectivity index (χ2v) is 6.64. The van der Waals surface area contributed by atoms with Gasteiger partial charge in [0.25, 0.3) is 5.91 Å². The smallest absolute Gasteiger partial charge is 0.251 e.